The summed E-state index contributed by atoms with van der Waals surface area (Å²) in [5.74, 6) is 1.46. The zero-order valence-corrected chi connectivity index (χ0v) is 15.1. The normalized spacial score (nSPS) is 13.6. The first-order valence-electron chi connectivity index (χ1n) is 9.30. The number of aromatic nitrogens is 2. The van der Waals surface area contributed by atoms with Gasteiger partial charge in [-0.2, -0.15) is 0 Å². The Morgan fingerprint density at radius 1 is 0.926 bits per heavy atom. The number of hydrogen-bond donors (Lipinski definition) is 1. The predicted octanol–water partition coefficient (Wildman–Crippen LogP) is 3.67. The lowest BCUT2D eigenvalue weighted by Crippen LogP contribution is -2.25. The van der Waals surface area contributed by atoms with Gasteiger partial charge in [0.15, 0.2) is 0 Å². The third kappa shape index (κ3) is 4.14. The second-order valence-electron chi connectivity index (χ2n) is 6.65. The van der Waals surface area contributed by atoms with Crippen molar-refractivity contribution in [1.82, 2.24) is 15.3 Å². The maximum atomic E-state index is 12.4. The molecule has 27 heavy (non-hydrogen) atoms. The molecule has 0 unspecified atom stereocenters. The Morgan fingerprint density at radius 2 is 1.63 bits per heavy atom. The van der Waals surface area contributed by atoms with E-state index in [1.165, 1.54) is 12.8 Å². The second kappa shape index (κ2) is 7.99. The van der Waals surface area contributed by atoms with Gasteiger partial charge in [0.1, 0.15) is 11.6 Å². The highest BCUT2D eigenvalue weighted by molar-refractivity contribution is 5.94. The van der Waals surface area contributed by atoms with E-state index in [0.717, 1.165) is 30.0 Å². The molecule has 0 aliphatic carbocycles. The van der Waals surface area contributed by atoms with Crippen molar-refractivity contribution in [1.29, 1.82) is 0 Å². The van der Waals surface area contributed by atoms with Gasteiger partial charge in [-0.25, -0.2) is 9.97 Å². The van der Waals surface area contributed by atoms with E-state index in [0.29, 0.717) is 17.9 Å². The molecule has 1 amide bonds. The number of benzene rings is 2. The van der Waals surface area contributed by atoms with Crippen LogP contribution >= 0.6 is 0 Å². The number of nitrogens with one attached hydrogen (secondary N) is 1. The fourth-order valence-corrected chi connectivity index (χ4v) is 3.30. The third-order valence-corrected chi connectivity index (χ3v) is 4.78. The molecule has 2 heterocycles. The molecule has 0 atom stereocenters. The minimum absolute atomic E-state index is 0.121. The lowest BCUT2D eigenvalue weighted by molar-refractivity contribution is 0.0950. The molecule has 3 aromatic rings. The molecule has 0 bridgehead atoms. The van der Waals surface area contributed by atoms with Crippen LogP contribution < -0.4 is 10.2 Å². The summed E-state index contributed by atoms with van der Waals surface area (Å²) in [6, 6.07) is 19.7. The molecule has 0 radical (unpaired) electrons. The van der Waals surface area contributed by atoms with E-state index in [2.05, 4.69) is 32.3 Å². The van der Waals surface area contributed by atoms with Crippen molar-refractivity contribution in [3.05, 3.63) is 78.2 Å². The number of amides is 1. The summed E-state index contributed by atoms with van der Waals surface area (Å²) in [6.07, 6.45) is 4.17. The van der Waals surface area contributed by atoms with Gasteiger partial charge in [-0.1, -0.05) is 42.5 Å². The molecule has 0 saturated carbocycles. The van der Waals surface area contributed by atoms with Gasteiger partial charge in [0.2, 0.25) is 0 Å². The summed E-state index contributed by atoms with van der Waals surface area (Å²) in [4.78, 5) is 23.5. The van der Waals surface area contributed by atoms with Crippen LogP contribution in [0.1, 0.15) is 29.0 Å². The molecule has 5 nitrogen and oxygen atoms in total. The molecule has 1 N–H and O–H groups in total. The highest BCUT2D eigenvalue weighted by Crippen LogP contribution is 2.19. The molecular weight excluding hydrogens is 336 g/mol. The van der Waals surface area contributed by atoms with Crippen molar-refractivity contribution in [2.45, 2.75) is 19.4 Å². The van der Waals surface area contributed by atoms with Crippen LogP contribution in [0.25, 0.3) is 11.1 Å². The number of anilines is 1. The summed E-state index contributed by atoms with van der Waals surface area (Å²) in [7, 11) is 0. The summed E-state index contributed by atoms with van der Waals surface area (Å²) in [6.45, 7) is 2.40. The van der Waals surface area contributed by atoms with Crippen LogP contribution in [0.5, 0.6) is 0 Å². The zero-order chi connectivity index (χ0) is 18.5. The van der Waals surface area contributed by atoms with Crippen LogP contribution in [-0.2, 0) is 6.54 Å². The zero-order valence-electron chi connectivity index (χ0n) is 15.1. The first-order chi connectivity index (χ1) is 13.3. The largest absolute Gasteiger partial charge is 0.357 e. The number of nitrogens with zero attached hydrogens (tertiary/aromatic N) is 3. The Labute approximate surface area is 159 Å². The summed E-state index contributed by atoms with van der Waals surface area (Å²) < 4.78 is 0. The molecule has 1 aromatic heterocycles. The van der Waals surface area contributed by atoms with E-state index in [1.54, 1.807) is 6.20 Å². The Kier molecular flexibility index (Phi) is 5.10. The smallest absolute Gasteiger partial charge is 0.251 e. The first kappa shape index (κ1) is 17.2. The van der Waals surface area contributed by atoms with Gasteiger partial charge in [0.05, 0.1) is 6.54 Å². The van der Waals surface area contributed by atoms with Crippen molar-refractivity contribution in [2.24, 2.45) is 0 Å². The van der Waals surface area contributed by atoms with E-state index >= 15 is 0 Å². The predicted molar refractivity (Wildman–Crippen MR) is 107 cm³/mol. The quantitative estimate of drug-likeness (QED) is 0.756. The second-order valence-corrected chi connectivity index (χ2v) is 6.65. The molecule has 2 aromatic carbocycles. The Balaban J connectivity index is 1.39. The Morgan fingerprint density at radius 3 is 2.37 bits per heavy atom. The molecule has 136 valence electrons. The molecule has 4 rings (SSSR count). The minimum Gasteiger partial charge on any atom is -0.357 e. The molecule has 1 aliphatic rings. The number of rotatable bonds is 5. The highest BCUT2D eigenvalue weighted by atomic mass is 16.1. The molecule has 0 spiro atoms. The van der Waals surface area contributed by atoms with Gasteiger partial charge < -0.3 is 10.2 Å². The maximum absolute atomic E-state index is 12.4. The van der Waals surface area contributed by atoms with Gasteiger partial charge in [-0.05, 0) is 42.2 Å². The average molecular weight is 358 g/mol. The number of hydrogen-bond acceptors (Lipinski definition) is 4. The Hall–Kier alpha value is -3.21. The van der Waals surface area contributed by atoms with E-state index in [-0.39, 0.29) is 5.91 Å². The van der Waals surface area contributed by atoms with Crippen molar-refractivity contribution < 1.29 is 4.79 Å². The van der Waals surface area contributed by atoms with E-state index in [1.807, 2.05) is 48.5 Å². The fourth-order valence-electron chi connectivity index (χ4n) is 3.30. The molecular formula is C22H22N4O. The summed E-state index contributed by atoms with van der Waals surface area (Å²) in [5.41, 5.74) is 2.86. The average Bonchev–Trinajstić information content (AvgIpc) is 3.28. The van der Waals surface area contributed by atoms with Gasteiger partial charge in [0, 0.05) is 24.8 Å². The van der Waals surface area contributed by atoms with Crippen LogP contribution in [0.4, 0.5) is 5.82 Å². The minimum atomic E-state index is -0.121. The number of carbonyl (C=O) groups is 1. The van der Waals surface area contributed by atoms with Gasteiger partial charge in [-0.3, -0.25) is 4.79 Å². The van der Waals surface area contributed by atoms with Crippen LogP contribution in [0.15, 0.2) is 66.9 Å². The first-order valence-corrected chi connectivity index (χ1v) is 9.30. The Bertz CT molecular complexity index is 903. The summed E-state index contributed by atoms with van der Waals surface area (Å²) >= 11 is 0. The summed E-state index contributed by atoms with van der Waals surface area (Å²) in [5, 5.41) is 2.91. The van der Waals surface area contributed by atoms with Gasteiger partial charge in [-0.15, -0.1) is 0 Å². The van der Waals surface area contributed by atoms with Gasteiger partial charge >= 0.3 is 0 Å². The molecule has 5 heteroatoms. The highest BCUT2D eigenvalue weighted by Gasteiger charge is 2.14. The fraction of sp³-hybridized carbons (Fsp3) is 0.227. The standard InChI is InChI=1S/C22H22N4O/c27-22(19-10-8-18(9-11-19)17-6-2-1-3-7-17)24-16-20-23-13-12-21(25-20)26-14-4-5-15-26/h1-3,6-13H,4-5,14-16H2,(H,24,27). The molecule has 1 aliphatic heterocycles. The van der Waals surface area contributed by atoms with Crippen molar-refractivity contribution in [2.75, 3.05) is 18.0 Å². The van der Waals surface area contributed by atoms with Crippen LogP contribution in [0.2, 0.25) is 0 Å². The maximum Gasteiger partial charge on any atom is 0.251 e. The van der Waals surface area contributed by atoms with E-state index in [4.69, 9.17) is 0 Å². The third-order valence-electron chi connectivity index (χ3n) is 4.78. The van der Waals surface area contributed by atoms with Crippen molar-refractivity contribution >= 4 is 11.7 Å². The lowest BCUT2D eigenvalue weighted by atomic mass is 10.0. The van der Waals surface area contributed by atoms with Crippen LogP contribution in [0.3, 0.4) is 0 Å². The molecule has 1 saturated heterocycles. The topological polar surface area (TPSA) is 58.1 Å². The molecule has 1 fully saturated rings. The van der Waals surface area contributed by atoms with E-state index in [9.17, 15) is 4.79 Å². The van der Waals surface area contributed by atoms with Crippen molar-refractivity contribution in [3.8, 4) is 11.1 Å². The monoisotopic (exact) mass is 358 g/mol. The number of carbonyl (C=O) groups excluding carboxylic acids is 1. The van der Waals surface area contributed by atoms with Crippen molar-refractivity contribution in [3.63, 3.8) is 0 Å². The SMILES string of the molecule is O=C(NCc1nccc(N2CCCC2)n1)c1ccc(-c2ccccc2)cc1. The van der Waals surface area contributed by atoms with Crippen LogP contribution in [0, 0.1) is 0 Å². The lowest BCUT2D eigenvalue weighted by Gasteiger charge is -2.16. The van der Waals surface area contributed by atoms with E-state index < -0.39 is 0 Å². The van der Waals surface area contributed by atoms with Gasteiger partial charge in [0.25, 0.3) is 5.91 Å². The van der Waals surface area contributed by atoms with Crippen LogP contribution in [-0.4, -0.2) is 29.0 Å².